The Morgan fingerprint density at radius 2 is 1.62 bits per heavy atom. The number of ketones is 1. The fourth-order valence-corrected chi connectivity index (χ4v) is 5.53. The van der Waals surface area contributed by atoms with Gasteiger partial charge < -0.3 is 10.8 Å². The van der Waals surface area contributed by atoms with Gasteiger partial charge >= 0.3 is 0 Å². The van der Waals surface area contributed by atoms with E-state index in [1.54, 1.807) is 24.3 Å². The minimum Gasteiger partial charge on any atom is -0.412 e. The molecule has 40 heavy (non-hydrogen) atoms. The summed E-state index contributed by atoms with van der Waals surface area (Å²) in [6.07, 6.45) is 1.99. The van der Waals surface area contributed by atoms with Gasteiger partial charge in [0.15, 0.2) is 5.78 Å². The number of hydrogen-bond donors (Lipinski definition) is 2. The molecule has 0 atom stereocenters. The molecule has 0 spiro atoms. The number of nitrogens with one attached hydrogen (secondary N) is 1. The molecular weight excluding hydrogens is 535 g/mol. The maximum atomic E-state index is 13.3. The van der Waals surface area contributed by atoms with Crippen LogP contribution in [0.2, 0.25) is 0 Å². The van der Waals surface area contributed by atoms with E-state index >= 15 is 0 Å². The van der Waals surface area contributed by atoms with E-state index in [0.717, 1.165) is 73.8 Å². The highest BCUT2D eigenvalue weighted by Crippen LogP contribution is 2.41. The normalized spacial score (nSPS) is 19.2. The van der Waals surface area contributed by atoms with Crippen molar-refractivity contribution in [2.45, 2.75) is 44.9 Å². The number of carbonyl (C=O) groups is 1. The molecule has 0 unspecified atom stereocenters. The smallest absolute Gasteiger partial charge is 0.294 e. The fourth-order valence-electron chi connectivity index (χ4n) is 5.05. The third kappa shape index (κ3) is 8.28. The van der Waals surface area contributed by atoms with Crippen LogP contribution in [0.1, 0.15) is 44.2 Å². The van der Waals surface area contributed by atoms with Gasteiger partial charge in [0.05, 0.1) is 17.2 Å². The van der Waals surface area contributed by atoms with Gasteiger partial charge in [-0.2, -0.15) is 13.5 Å². The van der Waals surface area contributed by atoms with Crippen molar-refractivity contribution in [3.63, 3.8) is 0 Å². The molecule has 0 aromatic heterocycles. The van der Waals surface area contributed by atoms with Crippen molar-refractivity contribution in [1.82, 2.24) is 15.2 Å². The van der Waals surface area contributed by atoms with E-state index in [1.165, 1.54) is 24.3 Å². The van der Waals surface area contributed by atoms with Gasteiger partial charge in [0.25, 0.3) is 10.1 Å². The summed E-state index contributed by atoms with van der Waals surface area (Å²) in [6, 6.07) is 12.4. The Balaban J connectivity index is 0.000000311. The number of hydrogen-bond acceptors (Lipinski definition) is 7. The standard InChI is InChI=1S/C22H29FN4O.C7H8O3S.H2O/c1-22(2)14-20-18(21(28)15-22)13-19(16-3-5-17(23)6-4-16)25-27(20)12-11-26-9-7-24-8-10-26;1-6-2-4-7(5-3-6)11(8,9)10;/h3-6,24H,7-15H2,1-2H3;2-5H,1H3,(H,8,9,10);1H2. The van der Waals surface area contributed by atoms with Crippen LogP contribution in [0.3, 0.4) is 0 Å². The molecule has 3 aliphatic rings. The molecule has 4 N–H and O–H groups in total. The number of carbonyl (C=O) groups excluding carboxylic acids is 1. The van der Waals surface area contributed by atoms with Crippen LogP contribution < -0.4 is 5.32 Å². The number of benzene rings is 2. The molecule has 0 bridgehead atoms. The zero-order valence-corrected chi connectivity index (χ0v) is 24.1. The van der Waals surface area contributed by atoms with E-state index in [0.29, 0.717) is 12.8 Å². The molecule has 2 heterocycles. The number of hydrazone groups is 1. The minimum atomic E-state index is -4.02. The summed E-state index contributed by atoms with van der Waals surface area (Å²) >= 11 is 0. The zero-order chi connectivity index (χ0) is 28.2. The molecule has 9 nitrogen and oxygen atoms in total. The number of rotatable bonds is 5. The Bertz CT molecular complexity index is 1350. The fraction of sp³-hybridized carbons (Fsp3) is 0.448. The molecule has 1 aliphatic carbocycles. The van der Waals surface area contributed by atoms with Crippen LogP contribution in [0.25, 0.3) is 0 Å². The number of nitrogens with zero attached hydrogens (tertiary/aromatic N) is 3. The molecule has 11 heteroatoms. The van der Waals surface area contributed by atoms with Gasteiger partial charge in [-0.1, -0.05) is 43.7 Å². The summed E-state index contributed by atoms with van der Waals surface area (Å²) in [5.41, 5.74) is 4.64. The SMILES string of the molecule is CC1(C)CC(=O)C2=C(C1)N(CCN1CCNCC1)N=C(c1ccc(F)cc1)C2.Cc1ccc(S(=O)(=O)O)cc1.O. The van der Waals surface area contributed by atoms with E-state index < -0.39 is 10.1 Å². The average molecular weight is 575 g/mol. The Hall–Kier alpha value is -2.96. The predicted molar refractivity (Wildman–Crippen MR) is 153 cm³/mol. The van der Waals surface area contributed by atoms with Crippen LogP contribution in [0.5, 0.6) is 0 Å². The lowest BCUT2D eigenvalue weighted by atomic mass is 9.74. The summed E-state index contributed by atoms with van der Waals surface area (Å²) in [6.45, 7) is 12.0. The van der Waals surface area contributed by atoms with Crippen LogP contribution >= 0.6 is 0 Å². The van der Waals surface area contributed by atoms with Gasteiger partial charge in [-0.3, -0.25) is 19.3 Å². The lowest BCUT2D eigenvalue weighted by molar-refractivity contribution is -0.118. The molecule has 1 saturated heterocycles. The van der Waals surface area contributed by atoms with Gasteiger partial charge in [-0.05, 0) is 48.6 Å². The average Bonchev–Trinajstić information content (AvgIpc) is 2.88. The van der Waals surface area contributed by atoms with Crippen LogP contribution in [0, 0.1) is 18.2 Å². The van der Waals surface area contributed by atoms with E-state index in [4.69, 9.17) is 9.65 Å². The predicted octanol–water partition coefficient (Wildman–Crippen LogP) is 3.20. The summed E-state index contributed by atoms with van der Waals surface area (Å²) in [7, 11) is -4.02. The lowest BCUT2D eigenvalue weighted by Crippen LogP contribution is -2.46. The van der Waals surface area contributed by atoms with E-state index in [2.05, 4.69) is 29.1 Å². The number of allylic oxidation sites excluding steroid dienone is 2. The van der Waals surface area contributed by atoms with E-state index in [1.807, 2.05) is 6.92 Å². The van der Waals surface area contributed by atoms with Crippen molar-refractivity contribution in [1.29, 1.82) is 0 Å². The highest BCUT2D eigenvalue weighted by atomic mass is 32.2. The third-order valence-electron chi connectivity index (χ3n) is 7.20. The first kappa shape index (κ1) is 31.6. The van der Waals surface area contributed by atoms with Crippen molar-refractivity contribution >= 4 is 21.6 Å². The molecule has 2 aromatic rings. The molecule has 0 amide bonds. The van der Waals surface area contributed by atoms with Crippen LogP contribution in [0.4, 0.5) is 4.39 Å². The van der Waals surface area contributed by atoms with E-state index in [-0.39, 0.29) is 27.4 Å². The van der Waals surface area contributed by atoms with Crippen molar-refractivity contribution in [2.75, 3.05) is 39.3 Å². The number of aryl methyl sites for hydroxylation is 1. The third-order valence-corrected chi connectivity index (χ3v) is 8.07. The first-order valence-electron chi connectivity index (χ1n) is 13.2. The van der Waals surface area contributed by atoms with Crippen LogP contribution in [0.15, 0.2) is 69.8 Å². The Morgan fingerprint density at radius 3 is 2.23 bits per heavy atom. The largest absolute Gasteiger partial charge is 0.412 e. The van der Waals surface area contributed by atoms with Crippen LogP contribution in [-0.4, -0.2) is 79.1 Å². The van der Waals surface area contributed by atoms with Gasteiger partial charge in [-0.15, -0.1) is 0 Å². The second kappa shape index (κ2) is 13.1. The Labute approximate surface area is 235 Å². The Morgan fingerprint density at radius 1 is 1.00 bits per heavy atom. The molecule has 2 aliphatic heterocycles. The molecular formula is C29H39FN4O5S. The second-order valence-electron chi connectivity index (χ2n) is 11.1. The molecule has 1 fully saturated rings. The van der Waals surface area contributed by atoms with Crippen molar-refractivity contribution in [3.8, 4) is 0 Å². The van der Waals surface area contributed by atoms with Crippen molar-refractivity contribution in [2.24, 2.45) is 10.5 Å². The number of Topliss-reactive ketones (excluding diaryl/α,β-unsaturated/α-hetero) is 1. The monoisotopic (exact) mass is 574 g/mol. The van der Waals surface area contributed by atoms with Gasteiger partial charge in [0, 0.05) is 56.8 Å². The first-order valence-corrected chi connectivity index (χ1v) is 14.7. The maximum absolute atomic E-state index is 13.3. The molecule has 0 radical (unpaired) electrons. The maximum Gasteiger partial charge on any atom is 0.294 e. The molecule has 2 aromatic carbocycles. The minimum absolute atomic E-state index is 0. The van der Waals surface area contributed by atoms with Crippen molar-refractivity contribution < 1.29 is 27.6 Å². The molecule has 5 rings (SSSR count). The van der Waals surface area contributed by atoms with E-state index in [9.17, 15) is 17.6 Å². The molecule has 0 saturated carbocycles. The van der Waals surface area contributed by atoms with Crippen molar-refractivity contribution in [3.05, 3.63) is 76.7 Å². The topological polar surface area (TPSA) is 134 Å². The zero-order valence-electron chi connectivity index (χ0n) is 23.3. The highest BCUT2D eigenvalue weighted by molar-refractivity contribution is 7.85. The quantitative estimate of drug-likeness (QED) is 0.524. The first-order chi connectivity index (χ1) is 18.4. The Kier molecular flexibility index (Phi) is 10.4. The molecule has 218 valence electrons. The lowest BCUT2D eigenvalue weighted by Gasteiger charge is -2.40. The van der Waals surface area contributed by atoms with Gasteiger partial charge in [0.1, 0.15) is 5.82 Å². The summed E-state index contributed by atoms with van der Waals surface area (Å²) in [5, 5.41) is 10.4. The second-order valence-corrected chi connectivity index (χ2v) is 12.5. The highest BCUT2D eigenvalue weighted by Gasteiger charge is 2.37. The summed E-state index contributed by atoms with van der Waals surface area (Å²) in [5.74, 6) is -0.0287. The number of piperazine rings is 1. The van der Waals surface area contributed by atoms with Gasteiger partial charge in [0.2, 0.25) is 0 Å². The summed E-state index contributed by atoms with van der Waals surface area (Å²) < 4.78 is 42.9. The van der Waals surface area contributed by atoms with Gasteiger partial charge in [-0.25, -0.2) is 4.39 Å². The summed E-state index contributed by atoms with van der Waals surface area (Å²) in [4.78, 5) is 15.3. The number of halogens is 1. The van der Waals surface area contributed by atoms with Crippen LogP contribution in [-0.2, 0) is 14.9 Å².